The van der Waals surface area contributed by atoms with Gasteiger partial charge in [0, 0.05) is 41.7 Å². The molecule has 8 nitrogen and oxygen atoms in total. The molecule has 0 saturated carbocycles. The lowest BCUT2D eigenvalue weighted by atomic mass is 10.0. The molecule has 1 amide bonds. The molecule has 2 aromatic carbocycles. The molecule has 180 valence electrons. The second kappa shape index (κ2) is 11.1. The first-order chi connectivity index (χ1) is 16.9. The van der Waals surface area contributed by atoms with Gasteiger partial charge < -0.3 is 19.7 Å². The van der Waals surface area contributed by atoms with Crippen molar-refractivity contribution in [1.29, 1.82) is 5.41 Å². The van der Waals surface area contributed by atoms with Gasteiger partial charge in [-0.25, -0.2) is 0 Å². The fourth-order valence-electron chi connectivity index (χ4n) is 3.70. The topological polar surface area (TPSA) is 105 Å². The molecule has 9 heteroatoms. The number of amidine groups is 1. The third-order valence-electron chi connectivity index (χ3n) is 5.65. The zero-order chi connectivity index (χ0) is 24.8. The van der Waals surface area contributed by atoms with Crippen molar-refractivity contribution in [1.82, 2.24) is 9.88 Å². The summed E-state index contributed by atoms with van der Waals surface area (Å²) in [6.07, 6.45) is 1.53. The van der Waals surface area contributed by atoms with Crippen molar-refractivity contribution in [3.05, 3.63) is 88.2 Å². The first-order valence-electron chi connectivity index (χ1n) is 11.1. The lowest BCUT2D eigenvalue weighted by molar-refractivity contribution is 0.0680. The van der Waals surface area contributed by atoms with Gasteiger partial charge in [-0.05, 0) is 42.5 Å². The minimum Gasteiger partial charge on any atom is -0.497 e. The lowest BCUT2D eigenvalue weighted by Gasteiger charge is -2.29. The van der Waals surface area contributed by atoms with Crippen LogP contribution in [0.5, 0.6) is 5.75 Å². The van der Waals surface area contributed by atoms with Gasteiger partial charge in [-0.15, -0.1) is 0 Å². The van der Waals surface area contributed by atoms with Crippen LogP contribution in [0, 0.1) is 5.41 Å². The van der Waals surface area contributed by atoms with E-state index in [4.69, 9.17) is 26.5 Å². The summed E-state index contributed by atoms with van der Waals surface area (Å²) in [7, 11) is 1.51. The van der Waals surface area contributed by atoms with Crippen LogP contribution >= 0.6 is 11.6 Å². The van der Waals surface area contributed by atoms with Crippen LogP contribution in [0.2, 0.25) is 5.02 Å². The number of morpholine rings is 1. The molecule has 0 atom stereocenters. The molecule has 0 aliphatic carbocycles. The van der Waals surface area contributed by atoms with Gasteiger partial charge in [0.1, 0.15) is 11.6 Å². The largest absolute Gasteiger partial charge is 0.497 e. The minimum absolute atomic E-state index is 0.0472. The van der Waals surface area contributed by atoms with Crippen LogP contribution in [0.15, 0.2) is 60.8 Å². The average molecular weight is 493 g/mol. The summed E-state index contributed by atoms with van der Waals surface area (Å²) in [5.41, 5.74) is 2.40. The maximum absolute atomic E-state index is 13.1. The number of halogens is 1. The molecular weight excluding hydrogens is 468 g/mol. The number of hydrogen-bond acceptors (Lipinski definition) is 6. The molecule has 1 aromatic heterocycles. The van der Waals surface area contributed by atoms with Crippen molar-refractivity contribution in [2.75, 3.05) is 38.7 Å². The van der Waals surface area contributed by atoms with Gasteiger partial charge in [-0.1, -0.05) is 23.7 Å². The normalized spacial score (nSPS) is 13.3. The number of ketones is 1. The highest BCUT2D eigenvalue weighted by atomic mass is 35.5. The Morgan fingerprint density at radius 3 is 2.46 bits per heavy atom. The Labute approximate surface area is 208 Å². The Morgan fingerprint density at radius 2 is 1.80 bits per heavy atom. The van der Waals surface area contributed by atoms with E-state index < -0.39 is 0 Å². The number of carbonyl (C=O) groups excluding carboxylic acids is 2. The molecule has 1 fully saturated rings. The quantitative estimate of drug-likeness (QED) is 0.292. The van der Waals surface area contributed by atoms with E-state index in [2.05, 4.69) is 10.3 Å². The van der Waals surface area contributed by atoms with E-state index in [1.807, 2.05) is 4.90 Å². The zero-order valence-corrected chi connectivity index (χ0v) is 20.0. The van der Waals surface area contributed by atoms with Crippen LogP contribution in [-0.2, 0) is 11.2 Å². The molecule has 4 rings (SSSR count). The zero-order valence-electron chi connectivity index (χ0n) is 19.2. The van der Waals surface area contributed by atoms with Crippen LogP contribution in [0.1, 0.15) is 32.0 Å². The Kier molecular flexibility index (Phi) is 7.74. The minimum atomic E-state index is -0.363. The van der Waals surface area contributed by atoms with E-state index in [0.717, 1.165) is 5.56 Å². The van der Waals surface area contributed by atoms with Gasteiger partial charge in [-0.3, -0.25) is 20.0 Å². The molecule has 2 N–H and O–H groups in total. The Hall–Kier alpha value is -3.75. The summed E-state index contributed by atoms with van der Waals surface area (Å²) in [5.74, 6) is 0.321. The highest BCUT2D eigenvalue weighted by molar-refractivity contribution is 6.30. The monoisotopic (exact) mass is 492 g/mol. The number of pyridine rings is 1. The average Bonchev–Trinajstić information content (AvgIpc) is 2.90. The van der Waals surface area contributed by atoms with E-state index in [-0.39, 0.29) is 18.1 Å². The molecule has 35 heavy (non-hydrogen) atoms. The number of nitrogens with zero attached hydrogens (tertiary/aromatic N) is 2. The number of rotatable bonds is 7. The van der Waals surface area contributed by atoms with E-state index in [0.29, 0.717) is 65.4 Å². The van der Waals surface area contributed by atoms with Crippen molar-refractivity contribution < 1.29 is 19.1 Å². The Morgan fingerprint density at radius 1 is 1.09 bits per heavy atom. The number of hydrogen-bond donors (Lipinski definition) is 2. The highest BCUT2D eigenvalue weighted by Crippen LogP contribution is 2.25. The van der Waals surface area contributed by atoms with Gasteiger partial charge in [-0.2, -0.15) is 0 Å². The molecule has 0 spiro atoms. The molecule has 1 aliphatic heterocycles. The standard InChI is InChI=1S/C26H25ClN4O4/c1-34-21-8-9-23(22(15-21)24(32)14-20-7-6-19(27)16-29-20)30-26(33)18-4-2-17(3-5-18)25(28)31-10-12-35-13-11-31/h2-9,15-16,28H,10-14H2,1H3,(H,30,33). The fourth-order valence-corrected chi connectivity index (χ4v) is 3.82. The second-order valence-corrected chi connectivity index (χ2v) is 8.40. The predicted molar refractivity (Wildman–Crippen MR) is 134 cm³/mol. The van der Waals surface area contributed by atoms with Gasteiger partial charge in [0.15, 0.2) is 5.78 Å². The molecule has 0 unspecified atom stereocenters. The van der Waals surface area contributed by atoms with Gasteiger partial charge in [0.2, 0.25) is 0 Å². The van der Waals surface area contributed by atoms with E-state index >= 15 is 0 Å². The Bertz CT molecular complexity index is 1220. The summed E-state index contributed by atoms with van der Waals surface area (Å²) in [4.78, 5) is 32.1. The van der Waals surface area contributed by atoms with Crippen molar-refractivity contribution >= 4 is 34.8 Å². The van der Waals surface area contributed by atoms with Crippen molar-refractivity contribution in [3.63, 3.8) is 0 Å². The smallest absolute Gasteiger partial charge is 0.255 e. The van der Waals surface area contributed by atoms with Crippen LogP contribution in [0.4, 0.5) is 5.69 Å². The third kappa shape index (κ3) is 6.03. The van der Waals surface area contributed by atoms with Gasteiger partial charge >= 0.3 is 0 Å². The number of ether oxygens (including phenoxy) is 2. The maximum atomic E-state index is 13.1. The lowest BCUT2D eigenvalue weighted by Crippen LogP contribution is -2.40. The van der Waals surface area contributed by atoms with Gasteiger partial charge in [0.05, 0.1) is 37.5 Å². The summed E-state index contributed by atoms with van der Waals surface area (Å²) in [6, 6.07) is 15.1. The molecular formula is C26H25ClN4O4. The second-order valence-electron chi connectivity index (χ2n) is 7.96. The SMILES string of the molecule is COc1ccc(NC(=O)c2ccc(C(=N)N3CCOCC3)cc2)c(C(=O)Cc2ccc(Cl)cn2)c1. The Balaban J connectivity index is 1.49. The van der Waals surface area contributed by atoms with Crippen molar-refractivity contribution in [2.24, 2.45) is 0 Å². The first kappa shape index (κ1) is 24.4. The number of methoxy groups -OCH3 is 1. The number of nitrogens with one attached hydrogen (secondary N) is 2. The predicted octanol–water partition coefficient (Wildman–Crippen LogP) is 4.08. The molecule has 1 saturated heterocycles. The summed E-state index contributed by atoms with van der Waals surface area (Å²) >= 11 is 5.88. The summed E-state index contributed by atoms with van der Waals surface area (Å²) in [6.45, 7) is 2.53. The van der Waals surface area contributed by atoms with E-state index in [1.54, 1.807) is 54.6 Å². The number of benzene rings is 2. The number of aromatic nitrogens is 1. The molecule has 0 radical (unpaired) electrons. The number of amides is 1. The molecule has 3 aromatic rings. The van der Waals surface area contributed by atoms with E-state index in [9.17, 15) is 9.59 Å². The number of carbonyl (C=O) groups is 2. The van der Waals surface area contributed by atoms with Crippen LogP contribution in [-0.4, -0.2) is 60.8 Å². The fraction of sp³-hybridized carbons (Fsp3) is 0.231. The van der Waals surface area contributed by atoms with E-state index in [1.165, 1.54) is 13.3 Å². The van der Waals surface area contributed by atoms with Crippen LogP contribution in [0.25, 0.3) is 0 Å². The first-order valence-corrected chi connectivity index (χ1v) is 11.5. The maximum Gasteiger partial charge on any atom is 0.255 e. The van der Waals surface area contributed by atoms with Crippen LogP contribution < -0.4 is 10.1 Å². The van der Waals surface area contributed by atoms with Crippen molar-refractivity contribution in [2.45, 2.75) is 6.42 Å². The summed E-state index contributed by atoms with van der Waals surface area (Å²) < 4.78 is 10.6. The van der Waals surface area contributed by atoms with Crippen molar-refractivity contribution in [3.8, 4) is 5.75 Å². The molecule has 1 aliphatic rings. The highest BCUT2D eigenvalue weighted by Gasteiger charge is 2.18. The summed E-state index contributed by atoms with van der Waals surface area (Å²) in [5, 5.41) is 11.7. The molecule has 2 heterocycles. The van der Waals surface area contributed by atoms with Crippen LogP contribution in [0.3, 0.4) is 0 Å². The third-order valence-corrected chi connectivity index (χ3v) is 5.88. The number of Topliss-reactive ketones (excluding diaryl/α,β-unsaturated/α-hetero) is 1. The number of anilines is 1. The molecule has 0 bridgehead atoms. The van der Waals surface area contributed by atoms with Gasteiger partial charge in [0.25, 0.3) is 5.91 Å².